The molecule has 0 unspecified atom stereocenters. The summed E-state index contributed by atoms with van der Waals surface area (Å²) in [6.45, 7) is 4.01. The Balaban J connectivity index is 1.95. The lowest BCUT2D eigenvalue weighted by molar-refractivity contribution is -0.129. The second-order valence-corrected chi connectivity index (χ2v) is 6.18. The summed E-state index contributed by atoms with van der Waals surface area (Å²) in [5.41, 5.74) is 4.26. The molecule has 0 saturated carbocycles. The summed E-state index contributed by atoms with van der Waals surface area (Å²) < 4.78 is 6.29. The molecule has 1 heterocycles. The number of aryl methyl sites for hydroxylation is 2. The molecule has 0 saturated heterocycles. The molecule has 0 fully saturated rings. The number of ether oxygens (including phenoxy) is 1. The highest BCUT2D eigenvalue weighted by molar-refractivity contribution is 9.10. The molecule has 4 heteroatoms. The zero-order valence-electron chi connectivity index (χ0n) is 12.3. The van der Waals surface area contributed by atoms with Crippen molar-refractivity contribution in [3.8, 4) is 0 Å². The van der Waals surface area contributed by atoms with Gasteiger partial charge in [0.25, 0.3) is 0 Å². The molecule has 1 aliphatic rings. The maximum atomic E-state index is 12.0. The Morgan fingerprint density at radius 3 is 2.32 bits per heavy atom. The van der Waals surface area contributed by atoms with Gasteiger partial charge in [-0.25, -0.2) is 9.79 Å². The van der Waals surface area contributed by atoms with Crippen molar-refractivity contribution in [2.45, 2.75) is 13.8 Å². The quantitative estimate of drug-likeness (QED) is 0.591. The van der Waals surface area contributed by atoms with E-state index < -0.39 is 5.97 Å². The number of hydrogen-bond donors (Lipinski definition) is 0. The van der Waals surface area contributed by atoms with Gasteiger partial charge in [0.1, 0.15) is 0 Å². The van der Waals surface area contributed by atoms with Crippen LogP contribution in [0.1, 0.15) is 22.3 Å². The first-order valence-electron chi connectivity index (χ1n) is 6.88. The minimum Gasteiger partial charge on any atom is -0.402 e. The second-order valence-electron chi connectivity index (χ2n) is 5.26. The average Bonchev–Trinajstić information content (AvgIpc) is 2.82. The van der Waals surface area contributed by atoms with Crippen molar-refractivity contribution >= 4 is 33.9 Å². The fourth-order valence-electron chi connectivity index (χ4n) is 2.35. The van der Waals surface area contributed by atoms with Gasteiger partial charge in [-0.05, 0) is 49.8 Å². The molecule has 3 nitrogen and oxygen atoms in total. The predicted molar refractivity (Wildman–Crippen MR) is 90.7 cm³/mol. The van der Waals surface area contributed by atoms with Gasteiger partial charge in [0.2, 0.25) is 5.90 Å². The summed E-state index contributed by atoms with van der Waals surface area (Å²) in [6, 6.07) is 13.6. The third-order valence-electron chi connectivity index (χ3n) is 3.26. The van der Waals surface area contributed by atoms with Crippen LogP contribution in [0.25, 0.3) is 6.08 Å². The maximum absolute atomic E-state index is 12.0. The van der Waals surface area contributed by atoms with Crippen LogP contribution in [0.2, 0.25) is 0 Å². The Morgan fingerprint density at radius 2 is 1.68 bits per heavy atom. The lowest BCUT2D eigenvalue weighted by Gasteiger charge is -2.03. The number of aliphatic imine (C=N–C) groups is 1. The van der Waals surface area contributed by atoms with Gasteiger partial charge >= 0.3 is 5.97 Å². The highest BCUT2D eigenvalue weighted by Gasteiger charge is 2.24. The molecular weight excluding hydrogens is 342 g/mol. The molecule has 0 amide bonds. The minimum absolute atomic E-state index is 0.316. The van der Waals surface area contributed by atoms with Crippen molar-refractivity contribution < 1.29 is 9.53 Å². The molecule has 0 radical (unpaired) electrons. The van der Waals surface area contributed by atoms with Crippen molar-refractivity contribution in [3.63, 3.8) is 0 Å². The summed E-state index contributed by atoms with van der Waals surface area (Å²) in [5.74, 6) is -0.0581. The van der Waals surface area contributed by atoms with Crippen LogP contribution in [0, 0.1) is 13.8 Å². The van der Waals surface area contributed by atoms with Crippen molar-refractivity contribution in [1.82, 2.24) is 0 Å². The largest absolute Gasteiger partial charge is 0.402 e. The van der Waals surface area contributed by atoms with Crippen molar-refractivity contribution in [2.24, 2.45) is 4.99 Å². The van der Waals surface area contributed by atoms with Crippen LogP contribution in [-0.4, -0.2) is 11.9 Å². The van der Waals surface area contributed by atoms with E-state index in [1.807, 2.05) is 50.2 Å². The lowest BCUT2D eigenvalue weighted by atomic mass is 10.1. The van der Waals surface area contributed by atoms with Crippen LogP contribution < -0.4 is 0 Å². The third kappa shape index (κ3) is 3.17. The molecule has 22 heavy (non-hydrogen) atoms. The molecule has 2 aromatic rings. The third-order valence-corrected chi connectivity index (χ3v) is 3.79. The maximum Gasteiger partial charge on any atom is 0.363 e. The van der Waals surface area contributed by atoms with Gasteiger partial charge in [-0.3, -0.25) is 0 Å². The number of esters is 1. The lowest BCUT2D eigenvalue weighted by Crippen LogP contribution is -2.05. The van der Waals surface area contributed by atoms with Crippen molar-refractivity contribution in [1.29, 1.82) is 0 Å². The molecule has 2 aromatic carbocycles. The molecule has 0 aromatic heterocycles. The number of carbonyl (C=O) groups is 1. The van der Waals surface area contributed by atoms with Gasteiger partial charge in [0.05, 0.1) is 0 Å². The van der Waals surface area contributed by atoms with Crippen LogP contribution >= 0.6 is 15.9 Å². The summed E-state index contributed by atoms with van der Waals surface area (Å²) >= 11 is 3.38. The molecular formula is C18H14BrNO2. The van der Waals surface area contributed by atoms with E-state index in [1.165, 1.54) is 0 Å². The topological polar surface area (TPSA) is 38.7 Å². The van der Waals surface area contributed by atoms with Crippen molar-refractivity contribution in [3.05, 3.63) is 74.9 Å². The fraction of sp³-hybridized carbons (Fsp3) is 0.111. The number of halogens is 1. The molecule has 0 N–H and O–H groups in total. The Morgan fingerprint density at radius 1 is 1.05 bits per heavy atom. The molecule has 1 aliphatic heterocycles. The van der Waals surface area contributed by atoms with Gasteiger partial charge in [0.15, 0.2) is 5.70 Å². The zero-order valence-corrected chi connectivity index (χ0v) is 13.8. The van der Waals surface area contributed by atoms with Crippen LogP contribution in [-0.2, 0) is 9.53 Å². The summed E-state index contributed by atoms with van der Waals surface area (Å²) in [5, 5.41) is 0. The molecule has 0 spiro atoms. The summed E-state index contributed by atoms with van der Waals surface area (Å²) in [7, 11) is 0. The Labute approximate surface area is 137 Å². The van der Waals surface area contributed by atoms with Crippen LogP contribution in [0.4, 0.5) is 0 Å². The average molecular weight is 356 g/mol. The Hall–Kier alpha value is -2.20. The number of rotatable bonds is 2. The first-order valence-corrected chi connectivity index (χ1v) is 7.67. The van der Waals surface area contributed by atoms with E-state index in [0.29, 0.717) is 11.6 Å². The fourth-order valence-corrected chi connectivity index (χ4v) is 2.61. The van der Waals surface area contributed by atoms with E-state index in [4.69, 9.17) is 4.74 Å². The number of carbonyl (C=O) groups excluding carboxylic acids is 1. The van der Waals surface area contributed by atoms with Gasteiger partial charge < -0.3 is 4.74 Å². The molecule has 110 valence electrons. The van der Waals surface area contributed by atoms with E-state index in [2.05, 4.69) is 27.0 Å². The smallest absolute Gasteiger partial charge is 0.363 e. The van der Waals surface area contributed by atoms with E-state index in [-0.39, 0.29) is 0 Å². The van der Waals surface area contributed by atoms with Gasteiger partial charge in [-0.1, -0.05) is 45.3 Å². The van der Waals surface area contributed by atoms with Gasteiger partial charge in [-0.2, -0.15) is 0 Å². The van der Waals surface area contributed by atoms with E-state index in [1.54, 1.807) is 6.08 Å². The van der Waals surface area contributed by atoms with Crippen molar-refractivity contribution in [2.75, 3.05) is 0 Å². The molecule has 0 atom stereocenters. The predicted octanol–water partition coefficient (Wildman–Crippen LogP) is 4.41. The number of hydrogen-bond acceptors (Lipinski definition) is 3. The highest BCUT2D eigenvalue weighted by Crippen LogP contribution is 2.21. The van der Waals surface area contributed by atoms with Crippen LogP contribution in [0.15, 0.2) is 57.6 Å². The monoisotopic (exact) mass is 355 g/mol. The summed E-state index contributed by atoms with van der Waals surface area (Å²) in [4.78, 5) is 16.3. The SMILES string of the molecule is Cc1cc(C)cc(C2=N/C(=C\c3ccc(Br)cc3)C(=O)O2)c1. The molecule has 0 aliphatic carbocycles. The summed E-state index contributed by atoms with van der Waals surface area (Å²) in [6.07, 6.45) is 1.73. The zero-order chi connectivity index (χ0) is 15.7. The Kier molecular flexibility index (Phi) is 3.94. The Bertz CT molecular complexity index is 784. The second kappa shape index (κ2) is 5.89. The van der Waals surface area contributed by atoms with Crippen LogP contribution in [0.5, 0.6) is 0 Å². The number of cyclic esters (lactones) is 1. The number of benzene rings is 2. The minimum atomic E-state index is -0.419. The van der Waals surface area contributed by atoms with E-state index >= 15 is 0 Å². The number of nitrogens with zero attached hydrogens (tertiary/aromatic N) is 1. The molecule has 3 rings (SSSR count). The highest BCUT2D eigenvalue weighted by atomic mass is 79.9. The normalized spacial score (nSPS) is 15.9. The van der Waals surface area contributed by atoms with Crippen LogP contribution in [0.3, 0.4) is 0 Å². The van der Waals surface area contributed by atoms with E-state index in [0.717, 1.165) is 26.7 Å². The standard InChI is InChI=1S/C18H14BrNO2/c1-11-7-12(2)9-14(8-11)17-20-16(18(21)22-17)10-13-3-5-15(19)6-4-13/h3-10H,1-2H3/b16-10-. The van der Waals surface area contributed by atoms with E-state index in [9.17, 15) is 4.79 Å². The molecule has 0 bridgehead atoms. The van der Waals surface area contributed by atoms with Gasteiger partial charge in [-0.15, -0.1) is 0 Å². The first kappa shape index (κ1) is 14.7. The first-order chi connectivity index (χ1) is 10.5. The van der Waals surface area contributed by atoms with Gasteiger partial charge in [0, 0.05) is 10.0 Å².